The molecule has 0 atom stereocenters. The minimum absolute atomic E-state index is 0.735. The average Bonchev–Trinajstić information content (AvgIpc) is 3.04. The van der Waals surface area contributed by atoms with Crippen molar-refractivity contribution in [1.29, 1.82) is 0 Å². The van der Waals surface area contributed by atoms with E-state index in [0.29, 0.717) is 0 Å². The van der Waals surface area contributed by atoms with Crippen LogP contribution in [0, 0.1) is 0 Å². The molecule has 23 heavy (non-hydrogen) atoms. The number of likely N-dealkylation sites (tertiary alicyclic amines) is 1. The number of rotatable bonds is 4. The summed E-state index contributed by atoms with van der Waals surface area (Å²) in [5, 5.41) is 0. The highest BCUT2D eigenvalue weighted by Gasteiger charge is 2.20. The second kappa shape index (κ2) is 6.55. The minimum Gasteiger partial charge on any atom is -0.342 e. The van der Waals surface area contributed by atoms with E-state index >= 15 is 0 Å². The standard InChI is InChI=1S/C20H23N3/c1-2-6-16(7-3-1)17-10-13-23(14-11-17)15-12-20-21-18-8-4-5-9-19(18)22-20/h1-9,17H,10-15H2,(H,21,22). The van der Waals surface area contributed by atoms with Crippen molar-refractivity contribution in [3.63, 3.8) is 0 Å². The van der Waals surface area contributed by atoms with Gasteiger partial charge in [-0.05, 0) is 49.5 Å². The maximum atomic E-state index is 4.68. The molecule has 0 radical (unpaired) electrons. The number of imidazole rings is 1. The van der Waals surface area contributed by atoms with E-state index in [-0.39, 0.29) is 0 Å². The van der Waals surface area contributed by atoms with Crippen LogP contribution in [0.25, 0.3) is 11.0 Å². The zero-order valence-electron chi connectivity index (χ0n) is 13.4. The molecular formula is C20H23N3. The van der Waals surface area contributed by atoms with Gasteiger partial charge >= 0.3 is 0 Å². The van der Waals surface area contributed by atoms with Crippen LogP contribution in [0.15, 0.2) is 54.6 Å². The third kappa shape index (κ3) is 3.30. The lowest BCUT2D eigenvalue weighted by Gasteiger charge is -2.32. The van der Waals surface area contributed by atoms with Crippen molar-refractivity contribution in [2.24, 2.45) is 0 Å². The van der Waals surface area contributed by atoms with Gasteiger partial charge in [-0.3, -0.25) is 0 Å². The molecule has 3 aromatic rings. The predicted molar refractivity (Wildman–Crippen MR) is 94.7 cm³/mol. The Kier molecular flexibility index (Phi) is 4.12. The van der Waals surface area contributed by atoms with E-state index in [4.69, 9.17) is 0 Å². The molecule has 0 bridgehead atoms. The third-order valence-corrected chi connectivity index (χ3v) is 4.96. The summed E-state index contributed by atoms with van der Waals surface area (Å²) in [5.74, 6) is 1.84. The molecule has 1 N–H and O–H groups in total. The molecule has 0 aliphatic carbocycles. The normalized spacial score (nSPS) is 16.9. The SMILES string of the molecule is c1ccc(C2CCN(CCc3nc4ccccc4[nH]3)CC2)cc1. The van der Waals surface area contributed by atoms with E-state index in [9.17, 15) is 0 Å². The van der Waals surface area contributed by atoms with Crippen LogP contribution >= 0.6 is 0 Å². The summed E-state index contributed by atoms with van der Waals surface area (Å²) in [4.78, 5) is 10.7. The van der Waals surface area contributed by atoms with Crippen molar-refractivity contribution in [3.05, 3.63) is 66.0 Å². The number of benzene rings is 2. The number of para-hydroxylation sites is 2. The molecule has 1 aliphatic heterocycles. The number of H-pyrrole nitrogens is 1. The molecule has 2 aromatic carbocycles. The van der Waals surface area contributed by atoms with Crippen LogP contribution in [0.1, 0.15) is 30.1 Å². The number of aromatic amines is 1. The number of hydrogen-bond acceptors (Lipinski definition) is 2. The lowest BCUT2D eigenvalue weighted by molar-refractivity contribution is 0.213. The maximum absolute atomic E-state index is 4.68. The van der Waals surface area contributed by atoms with Gasteiger partial charge < -0.3 is 9.88 Å². The van der Waals surface area contributed by atoms with Gasteiger partial charge in [-0.25, -0.2) is 4.98 Å². The summed E-state index contributed by atoms with van der Waals surface area (Å²) in [6, 6.07) is 19.2. The Morgan fingerprint density at radius 1 is 0.957 bits per heavy atom. The number of nitrogens with one attached hydrogen (secondary N) is 1. The summed E-state index contributed by atoms with van der Waals surface area (Å²) >= 11 is 0. The molecule has 4 rings (SSSR count). The zero-order chi connectivity index (χ0) is 15.5. The molecule has 2 heterocycles. The molecule has 1 aliphatic rings. The Bertz CT molecular complexity index is 722. The van der Waals surface area contributed by atoms with E-state index in [1.165, 1.54) is 31.5 Å². The lowest BCUT2D eigenvalue weighted by atomic mass is 9.89. The van der Waals surface area contributed by atoms with Gasteiger partial charge in [0.25, 0.3) is 0 Å². The first kappa shape index (κ1) is 14.5. The molecular weight excluding hydrogens is 282 g/mol. The van der Waals surface area contributed by atoms with Crippen molar-refractivity contribution in [3.8, 4) is 0 Å². The molecule has 0 saturated carbocycles. The Balaban J connectivity index is 1.31. The Morgan fingerprint density at radius 2 is 1.70 bits per heavy atom. The van der Waals surface area contributed by atoms with Crippen LogP contribution < -0.4 is 0 Å². The van der Waals surface area contributed by atoms with Crippen molar-refractivity contribution in [2.45, 2.75) is 25.2 Å². The van der Waals surface area contributed by atoms with Gasteiger partial charge in [0, 0.05) is 13.0 Å². The zero-order valence-corrected chi connectivity index (χ0v) is 13.4. The van der Waals surface area contributed by atoms with Gasteiger partial charge in [0.1, 0.15) is 5.82 Å². The first-order valence-corrected chi connectivity index (χ1v) is 8.59. The van der Waals surface area contributed by atoms with Crippen molar-refractivity contribution < 1.29 is 0 Å². The predicted octanol–water partition coefficient (Wildman–Crippen LogP) is 3.99. The minimum atomic E-state index is 0.735. The van der Waals surface area contributed by atoms with Crippen LogP contribution in [-0.2, 0) is 6.42 Å². The molecule has 0 spiro atoms. The van der Waals surface area contributed by atoms with Gasteiger partial charge in [0.2, 0.25) is 0 Å². The molecule has 118 valence electrons. The molecule has 1 saturated heterocycles. The molecule has 1 aromatic heterocycles. The van der Waals surface area contributed by atoms with Crippen molar-refractivity contribution >= 4 is 11.0 Å². The third-order valence-electron chi connectivity index (χ3n) is 4.96. The summed E-state index contributed by atoms with van der Waals surface area (Å²) in [7, 11) is 0. The highest BCUT2D eigenvalue weighted by molar-refractivity contribution is 5.74. The van der Waals surface area contributed by atoms with Gasteiger partial charge in [-0.15, -0.1) is 0 Å². The number of fused-ring (bicyclic) bond motifs is 1. The van der Waals surface area contributed by atoms with Crippen LogP contribution in [0.4, 0.5) is 0 Å². The van der Waals surface area contributed by atoms with Gasteiger partial charge in [-0.2, -0.15) is 0 Å². The molecule has 1 fully saturated rings. The summed E-state index contributed by atoms with van der Waals surface area (Å²) in [6.45, 7) is 3.49. The number of piperidine rings is 1. The highest BCUT2D eigenvalue weighted by atomic mass is 15.1. The molecule has 0 unspecified atom stereocenters. The van der Waals surface area contributed by atoms with Crippen molar-refractivity contribution in [2.75, 3.05) is 19.6 Å². The Hall–Kier alpha value is -2.13. The first-order valence-electron chi connectivity index (χ1n) is 8.59. The fraction of sp³-hybridized carbons (Fsp3) is 0.350. The van der Waals surface area contributed by atoms with Crippen LogP contribution in [0.5, 0.6) is 0 Å². The number of hydrogen-bond donors (Lipinski definition) is 1. The first-order chi connectivity index (χ1) is 11.4. The summed E-state index contributed by atoms with van der Waals surface area (Å²) in [5.41, 5.74) is 3.72. The topological polar surface area (TPSA) is 31.9 Å². The lowest BCUT2D eigenvalue weighted by Crippen LogP contribution is -2.34. The van der Waals surface area contributed by atoms with Crippen molar-refractivity contribution in [1.82, 2.24) is 14.9 Å². The van der Waals surface area contributed by atoms with E-state index in [0.717, 1.165) is 35.7 Å². The van der Waals surface area contributed by atoms with E-state index in [1.54, 1.807) is 0 Å². The maximum Gasteiger partial charge on any atom is 0.108 e. The molecule has 0 amide bonds. The highest BCUT2D eigenvalue weighted by Crippen LogP contribution is 2.27. The van der Waals surface area contributed by atoms with E-state index in [2.05, 4.69) is 63.4 Å². The van der Waals surface area contributed by atoms with Gasteiger partial charge in [0.15, 0.2) is 0 Å². The Labute approximate surface area is 137 Å². The second-order valence-corrected chi connectivity index (χ2v) is 6.48. The summed E-state index contributed by atoms with van der Waals surface area (Å²) < 4.78 is 0. The fourth-order valence-corrected chi connectivity index (χ4v) is 3.60. The largest absolute Gasteiger partial charge is 0.342 e. The van der Waals surface area contributed by atoms with Crippen LogP contribution in [-0.4, -0.2) is 34.5 Å². The fourth-order valence-electron chi connectivity index (χ4n) is 3.60. The smallest absolute Gasteiger partial charge is 0.108 e. The van der Waals surface area contributed by atoms with Crippen LogP contribution in [0.3, 0.4) is 0 Å². The van der Waals surface area contributed by atoms with E-state index < -0.39 is 0 Å². The monoisotopic (exact) mass is 305 g/mol. The summed E-state index contributed by atoms with van der Waals surface area (Å²) in [6.07, 6.45) is 3.54. The van der Waals surface area contributed by atoms with E-state index in [1.807, 2.05) is 6.07 Å². The number of aromatic nitrogens is 2. The van der Waals surface area contributed by atoms with Gasteiger partial charge in [0.05, 0.1) is 11.0 Å². The quantitative estimate of drug-likeness (QED) is 0.790. The Morgan fingerprint density at radius 3 is 2.48 bits per heavy atom. The molecule has 3 heteroatoms. The second-order valence-electron chi connectivity index (χ2n) is 6.48. The average molecular weight is 305 g/mol. The van der Waals surface area contributed by atoms with Gasteiger partial charge in [-0.1, -0.05) is 42.5 Å². The molecule has 3 nitrogen and oxygen atoms in total. The van der Waals surface area contributed by atoms with Crippen LogP contribution in [0.2, 0.25) is 0 Å². The number of nitrogens with zero attached hydrogens (tertiary/aromatic N) is 2.